The SMILES string of the molecule is c1ccc(N(c2ccc(-c3ccc(-c4ccc5c(c4)c4ccccc4n5-c4ccc5c(c4)C(c4ccccc4)(c4ccccc4)c4ccccc4-5)cc3)cc2)c2cc3ccccc3c3ccccc23)cc1. The highest BCUT2D eigenvalue weighted by atomic mass is 15.1. The fraction of sp³-hybridized carbons (Fsp3) is 0.0145. The monoisotopic (exact) mass is 902 g/mol. The average Bonchev–Trinajstić information content (AvgIpc) is 3.94. The van der Waals surface area contributed by atoms with Crippen molar-refractivity contribution in [2.75, 3.05) is 4.90 Å². The summed E-state index contributed by atoms with van der Waals surface area (Å²) < 4.78 is 2.46. The predicted octanol–water partition coefficient (Wildman–Crippen LogP) is 18.3. The average molecular weight is 903 g/mol. The Morgan fingerprint density at radius 3 is 1.52 bits per heavy atom. The van der Waals surface area contributed by atoms with Gasteiger partial charge in [-0.15, -0.1) is 0 Å². The van der Waals surface area contributed by atoms with Gasteiger partial charge in [0.25, 0.3) is 0 Å². The molecular formula is C69H46N2. The van der Waals surface area contributed by atoms with Gasteiger partial charge in [0.15, 0.2) is 0 Å². The highest BCUT2D eigenvalue weighted by molar-refractivity contribution is 6.15. The number of rotatable bonds is 8. The van der Waals surface area contributed by atoms with Crippen LogP contribution in [0, 0.1) is 0 Å². The molecule has 1 heterocycles. The maximum absolute atomic E-state index is 2.46. The predicted molar refractivity (Wildman–Crippen MR) is 299 cm³/mol. The maximum atomic E-state index is 2.46. The second kappa shape index (κ2) is 16.5. The summed E-state index contributed by atoms with van der Waals surface area (Å²) >= 11 is 0. The zero-order chi connectivity index (χ0) is 46.9. The third-order valence-corrected chi connectivity index (χ3v) is 15.1. The minimum atomic E-state index is -0.472. The number of hydrogen-bond acceptors (Lipinski definition) is 1. The van der Waals surface area contributed by atoms with Crippen LogP contribution in [0.3, 0.4) is 0 Å². The van der Waals surface area contributed by atoms with E-state index in [2.05, 4.69) is 289 Å². The van der Waals surface area contributed by atoms with Crippen molar-refractivity contribution in [1.82, 2.24) is 4.57 Å². The van der Waals surface area contributed by atoms with E-state index in [0.717, 1.165) is 22.7 Å². The van der Waals surface area contributed by atoms with Crippen molar-refractivity contribution in [3.05, 3.63) is 301 Å². The first-order valence-electron chi connectivity index (χ1n) is 24.6. The smallest absolute Gasteiger partial charge is 0.0714 e. The van der Waals surface area contributed by atoms with Crippen molar-refractivity contribution in [3.8, 4) is 39.1 Å². The first-order chi connectivity index (χ1) is 35.2. The summed E-state index contributed by atoms with van der Waals surface area (Å²) in [6, 6.07) is 103. The second-order valence-corrected chi connectivity index (χ2v) is 18.8. The van der Waals surface area contributed by atoms with Gasteiger partial charge in [-0.25, -0.2) is 0 Å². The van der Waals surface area contributed by atoms with E-state index in [9.17, 15) is 0 Å². The fourth-order valence-corrected chi connectivity index (χ4v) is 11.9. The van der Waals surface area contributed by atoms with Gasteiger partial charge in [0.05, 0.1) is 22.1 Å². The van der Waals surface area contributed by atoms with Crippen molar-refractivity contribution in [2.24, 2.45) is 0 Å². The minimum absolute atomic E-state index is 0.472. The normalized spacial score (nSPS) is 12.6. The van der Waals surface area contributed by atoms with Gasteiger partial charge in [0, 0.05) is 33.2 Å². The molecule has 0 fully saturated rings. The Hall–Kier alpha value is -9.24. The van der Waals surface area contributed by atoms with E-state index in [1.807, 2.05) is 0 Å². The number of anilines is 3. The molecule has 0 aliphatic heterocycles. The third-order valence-electron chi connectivity index (χ3n) is 15.1. The molecule has 2 nitrogen and oxygen atoms in total. The van der Waals surface area contributed by atoms with E-state index in [0.29, 0.717) is 0 Å². The van der Waals surface area contributed by atoms with Crippen molar-refractivity contribution in [2.45, 2.75) is 5.41 Å². The Balaban J connectivity index is 0.829. The number of aromatic nitrogens is 1. The van der Waals surface area contributed by atoms with Crippen molar-refractivity contribution in [1.29, 1.82) is 0 Å². The highest BCUT2D eigenvalue weighted by Gasteiger charge is 2.46. The lowest BCUT2D eigenvalue weighted by atomic mass is 9.67. The number of benzene rings is 12. The zero-order valence-electron chi connectivity index (χ0n) is 39.0. The summed E-state index contributed by atoms with van der Waals surface area (Å²) in [6.07, 6.45) is 0. The molecule has 0 N–H and O–H groups in total. The molecule has 332 valence electrons. The van der Waals surface area contributed by atoms with Crippen LogP contribution in [0.5, 0.6) is 0 Å². The van der Waals surface area contributed by atoms with Gasteiger partial charge in [-0.2, -0.15) is 0 Å². The van der Waals surface area contributed by atoms with Crippen LogP contribution in [-0.2, 0) is 5.41 Å². The van der Waals surface area contributed by atoms with Crippen LogP contribution in [0.2, 0.25) is 0 Å². The molecule has 0 bridgehead atoms. The second-order valence-electron chi connectivity index (χ2n) is 18.8. The standard InChI is InChI=1S/C69H46N2/c1-4-19-52(20-5-1)69(53-21-6-2-7-22-53)64-30-16-14-27-59(64)60-42-41-56(46-65(60)69)71-66-31-17-15-29-62(66)63-44-50(38-43-67(63)71)49-34-32-47(33-35-49)48-36-39-55(40-37-48)70(54-23-8-3-9-24-54)68-45-51-18-10-11-25-57(51)58-26-12-13-28-61(58)68/h1-46H. The maximum Gasteiger partial charge on any atom is 0.0714 e. The van der Waals surface area contributed by atoms with Gasteiger partial charge in [-0.3, -0.25) is 0 Å². The zero-order valence-corrected chi connectivity index (χ0v) is 39.0. The Labute approximate surface area is 413 Å². The van der Waals surface area contributed by atoms with Crippen LogP contribution in [-0.4, -0.2) is 4.57 Å². The molecule has 0 radical (unpaired) electrons. The van der Waals surface area contributed by atoms with Crippen LogP contribution < -0.4 is 4.90 Å². The lowest BCUT2D eigenvalue weighted by Crippen LogP contribution is -2.28. The van der Waals surface area contributed by atoms with Gasteiger partial charge < -0.3 is 9.47 Å². The molecular weight excluding hydrogens is 857 g/mol. The summed E-state index contributed by atoms with van der Waals surface area (Å²) in [5.74, 6) is 0. The van der Waals surface area contributed by atoms with E-state index in [1.54, 1.807) is 0 Å². The molecule has 1 aromatic heterocycles. The van der Waals surface area contributed by atoms with Gasteiger partial charge in [-0.1, -0.05) is 218 Å². The molecule has 0 saturated heterocycles. The Kier molecular flexibility index (Phi) is 9.47. The van der Waals surface area contributed by atoms with Crippen LogP contribution in [0.25, 0.3) is 82.4 Å². The van der Waals surface area contributed by atoms with Gasteiger partial charge in [-0.05, 0) is 132 Å². The van der Waals surface area contributed by atoms with E-state index in [1.165, 1.54) is 99.0 Å². The molecule has 1 aliphatic carbocycles. The Morgan fingerprint density at radius 1 is 0.296 bits per heavy atom. The van der Waals surface area contributed by atoms with Crippen LogP contribution in [0.1, 0.15) is 22.3 Å². The molecule has 0 spiro atoms. The van der Waals surface area contributed by atoms with E-state index < -0.39 is 5.41 Å². The highest BCUT2D eigenvalue weighted by Crippen LogP contribution is 2.56. The van der Waals surface area contributed by atoms with E-state index in [-0.39, 0.29) is 0 Å². The lowest BCUT2D eigenvalue weighted by molar-refractivity contribution is 0.767. The lowest BCUT2D eigenvalue weighted by Gasteiger charge is -2.34. The first kappa shape index (κ1) is 40.8. The quantitative estimate of drug-likeness (QED) is 0.138. The number of para-hydroxylation sites is 2. The minimum Gasteiger partial charge on any atom is -0.310 e. The van der Waals surface area contributed by atoms with Crippen molar-refractivity contribution >= 4 is 60.4 Å². The van der Waals surface area contributed by atoms with Crippen LogP contribution in [0.4, 0.5) is 17.1 Å². The van der Waals surface area contributed by atoms with Gasteiger partial charge in [0.1, 0.15) is 0 Å². The topological polar surface area (TPSA) is 8.17 Å². The number of fused-ring (bicyclic) bond motifs is 9. The molecule has 71 heavy (non-hydrogen) atoms. The van der Waals surface area contributed by atoms with Crippen molar-refractivity contribution in [3.63, 3.8) is 0 Å². The molecule has 0 amide bonds. The molecule has 0 saturated carbocycles. The van der Waals surface area contributed by atoms with Gasteiger partial charge >= 0.3 is 0 Å². The molecule has 14 rings (SSSR count). The fourth-order valence-electron chi connectivity index (χ4n) is 11.9. The van der Waals surface area contributed by atoms with Crippen LogP contribution >= 0.6 is 0 Å². The summed E-state index contributed by atoms with van der Waals surface area (Å²) in [5, 5.41) is 7.44. The molecule has 2 heteroatoms. The van der Waals surface area contributed by atoms with E-state index in [4.69, 9.17) is 0 Å². The Bertz CT molecular complexity index is 4090. The molecule has 12 aromatic carbocycles. The largest absolute Gasteiger partial charge is 0.310 e. The number of nitrogens with zero attached hydrogens (tertiary/aromatic N) is 2. The summed E-state index contributed by atoms with van der Waals surface area (Å²) in [7, 11) is 0. The molecule has 1 aliphatic rings. The van der Waals surface area contributed by atoms with Crippen LogP contribution in [0.15, 0.2) is 279 Å². The van der Waals surface area contributed by atoms with Gasteiger partial charge in [0.2, 0.25) is 0 Å². The third kappa shape index (κ3) is 6.42. The summed E-state index contributed by atoms with van der Waals surface area (Å²) in [6.45, 7) is 0. The summed E-state index contributed by atoms with van der Waals surface area (Å²) in [4.78, 5) is 2.39. The first-order valence-corrected chi connectivity index (χ1v) is 24.6. The Morgan fingerprint density at radius 2 is 0.803 bits per heavy atom. The summed E-state index contributed by atoms with van der Waals surface area (Å²) in [5.41, 5.74) is 18.9. The van der Waals surface area contributed by atoms with E-state index >= 15 is 0 Å². The molecule has 13 aromatic rings. The number of hydrogen-bond donors (Lipinski definition) is 0. The van der Waals surface area contributed by atoms with Crippen molar-refractivity contribution < 1.29 is 0 Å². The molecule has 0 atom stereocenters. The molecule has 0 unspecified atom stereocenters.